The summed E-state index contributed by atoms with van der Waals surface area (Å²) in [4.78, 5) is 16.4. The van der Waals surface area contributed by atoms with E-state index in [0.29, 0.717) is 18.6 Å². The summed E-state index contributed by atoms with van der Waals surface area (Å²) in [5.41, 5.74) is 4.59. The minimum absolute atomic E-state index is 0.217. The Hall–Kier alpha value is -2.81. The third-order valence-corrected chi connectivity index (χ3v) is 5.59. The molecule has 1 fully saturated rings. The normalized spacial score (nSPS) is 17.2. The van der Waals surface area contributed by atoms with E-state index in [1.54, 1.807) is 0 Å². The predicted octanol–water partition coefficient (Wildman–Crippen LogP) is 6.16. The van der Waals surface area contributed by atoms with Crippen LogP contribution in [0.25, 0.3) is 10.9 Å². The van der Waals surface area contributed by atoms with Crippen molar-refractivity contribution >= 4 is 16.7 Å². The molecule has 0 radical (unpaired) electrons. The molecule has 0 amide bonds. The molecule has 1 heterocycles. The molecule has 1 aliphatic carbocycles. The maximum Gasteiger partial charge on any atom is 0.136 e. The summed E-state index contributed by atoms with van der Waals surface area (Å²) in [5.74, 6) is 0.345. The van der Waals surface area contributed by atoms with Crippen LogP contribution in [0.1, 0.15) is 49.1 Å². The highest BCUT2D eigenvalue weighted by Crippen LogP contribution is 2.30. The average molecular weight is 373 g/mol. The van der Waals surface area contributed by atoms with Crippen molar-refractivity contribution in [1.29, 1.82) is 0 Å². The van der Waals surface area contributed by atoms with Gasteiger partial charge in [0.15, 0.2) is 0 Å². The number of rotatable bonds is 5. The Morgan fingerprint density at radius 2 is 1.86 bits per heavy atom. The first-order valence-electron chi connectivity index (χ1n) is 9.97. The molecule has 1 atom stereocenters. The lowest BCUT2D eigenvalue weighted by atomic mass is 9.86. The molecule has 1 aliphatic rings. The maximum atomic E-state index is 13.4. The highest BCUT2D eigenvalue weighted by atomic mass is 19.1. The minimum Gasteiger partial charge on any atom is -0.299 e. The van der Waals surface area contributed by atoms with Crippen molar-refractivity contribution in [2.45, 2.75) is 44.4 Å². The van der Waals surface area contributed by atoms with Crippen molar-refractivity contribution in [2.24, 2.45) is 0 Å². The van der Waals surface area contributed by atoms with Crippen molar-refractivity contribution in [3.63, 3.8) is 0 Å². The van der Waals surface area contributed by atoms with Gasteiger partial charge < -0.3 is 0 Å². The van der Waals surface area contributed by atoms with Crippen molar-refractivity contribution in [3.8, 4) is 0 Å². The number of nitrogens with zero attached hydrogens (tertiary/aromatic N) is 1. The summed E-state index contributed by atoms with van der Waals surface area (Å²) >= 11 is 0. The number of ketones is 1. The molecule has 1 aromatic heterocycles. The van der Waals surface area contributed by atoms with E-state index in [2.05, 4.69) is 35.3 Å². The number of halogens is 1. The van der Waals surface area contributed by atoms with Gasteiger partial charge in [-0.2, -0.15) is 0 Å². The number of hydrogen-bond acceptors (Lipinski definition) is 2. The minimum atomic E-state index is -0.217. The van der Waals surface area contributed by atoms with E-state index in [4.69, 9.17) is 0 Å². The number of Topliss-reactive ketones (excluding diaryl/α,β-unsaturated/α-hetero) is 1. The quantitative estimate of drug-likeness (QED) is 0.501. The van der Waals surface area contributed by atoms with Crippen LogP contribution in [0.3, 0.4) is 0 Å². The average Bonchev–Trinajstić information content (AvgIpc) is 2.72. The smallest absolute Gasteiger partial charge is 0.136 e. The summed E-state index contributed by atoms with van der Waals surface area (Å²) in [7, 11) is 0. The fourth-order valence-corrected chi connectivity index (χ4v) is 4.10. The number of pyridine rings is 1. The van der Waals surface area contributed by atoms with Gasteiger partial charge in [-0.3, -0.25) is 9.78 Å². The second-order valence-electron chi connectivity index (χ2n) is 7.61. The van der Waals surface area contributed by atoms with Crippen LogP contribution in [0, 0.1) is 5.82 Å². The van der Waals surface area contributed by atoms with Crippen LogP contribution in [0.2, 0.25) is 0 Å². The third kappa shape index (κ3) is 4.36. The molecule has 0 spiro atoms. The highest BCUT2D eigenvalue weighted by molar-refractivity contribution is 5.82. The van der Waals surface area contributed by atoms with Gasteiger partial charge in [0.05, 0.1) is 5.52 Å². The SMILES string of the molecule is O=C1CCC/C(=C\C[C@@H](Cc2cccc3cccnc23)c2ccc(F)cc2)C1. The number of carbonyl (C=O) groups is 1. The lowest BCUT2D eigenvalue weighted by molar-refractivity contribution is -0.119. The fraction of sp³-hybridized carbons (Fsp3) is 0.280. The first-order chi connectivity index (χ1) is 13.7. The Morgan fingerprint density at radius 1 is 1.04 bits per heavy atom. The Labute approximate surface area is 165 Å². The molecule has 3 heteroatoms. The summed E-state index contributed by atoms with van der Waals surface area (Å²) in [6.07, 6.45) is 9.01. The summed E-state index contributed by atoms with van der Waals surface area (Å²) in [5, 5.41) is 1.13. The second kappa shape index (κ2) is 8.47. The van der Waals surface area contributed by atoms with Gasteiger partial charge in [-0.1, -0.05) is 48.0 Å². The highest BCUT2D eigenvalue weighted by Gasteiger charge is 2.17. The van der Waals surface area contributed by atoms with Gasteiger partial charge in [0.2, 0.25) is 0 Å². The molecule has 28 heavy (non-hydrogen) atoms. The molecular weight excluding hydrogens is 349 g/mol. The van der Waals surface area contributed by atoms with Gasteiger partial charge >= 0.3 is 0 Å². The Morgan fingerprint density at radius 3 is 2.68 bits per heavy atom. The van der Waals surface area contributed by atoms with E-state index in [1.165, 1.54) is 23.3 Å². The molecule has 4 rings (SSSR count). The zero-order valence-electron chi connectivity index (χ0n) is 15.9. The molecular formula is C25H24FNO. The maximum absolute atomic E-state index is 13.4. The monoisotopic (exact) mass is 373 g/mol. The van der Waals surface area contributed by atoms with Crippen LogP contribution in [-0.2, 0) is 11.2 Å². The second-order valence-corrected chi connectivity index (χ2v) is 7.61. The summed E-state index contributed by atoms with van der Waals surface area (Å²) < 4.78 is 13.4. The van der Waals surface area contributed by atoms with Gasteiger partial charge in [0, 0.05) is 24.4 Å². The Kier molecular flexibility index (Phi) is 5.61. The summed E-state index contributed by atoms with van der Waals surface area (Å²) in [6.45, 7) is 0. The van der Waals surface area contributed by atoms with Crippen LogP contribution in [-0.4, -0.2) is 10.8 Å². The molecule has 0 saturated heterocycles. The van der Waals surface area contributed by atoms with E-state index in [1.807, 2.05) is 24.4 Å². The molecule has 1 saturated carbocycles. The van der Waals surface area contributed by atoms with Crippen molar-refractivity contribution in [2.75, 3.05) is 0 Å². The van der Waals surface area contributed by atoms with Crippen LogP contribution < -0.4 is 0 Å². The first-order valence-corrected chi connectivity index (χ1v) is 9.97. The molecule has 0 N–H and O–H groups in total. The fourth-order valence-electron chi connectivity index (χ4n) is 4.10. The molecule has 0 unspecified atom stereocenters. The number of fused-ring (bicyclic) bond motifs is 1. The van der Waals surface area contributed by atoms with Gasteiger partial charge in [-0.15, -0.1) is 0 Å². The van der Waals surface area contributed by atoms with E-state index in [9.17, 15) is 9.18 Å². The zero-order valence-corrected chi connectivity index (χ0v) is 15.9. The summed E-state index contributed by atoms with van der Waals surface area (Å²) in [6, 6.07) is 17.1. The molecule has 3 aromatic rings. The van der Waals surface area contributed by atoms with Crippen LogP contribution in [0.5, 0.6) is 0 Å². The number of benzene rings is 2. The van der Waals surface area contributed by atoms with Crippen LogP contribution in [0.15, 0.2) is 72.4 Å². The lowest BCUT2D eigenvalue weighted by Gasteiger charge is -2.19. The van der Waals surface area contributed by atoms with Crippen LogP contribution >= 0.6 is 0 Å². The van der Waals surface area contributed by atoms with Crippen molar-refractivity contribution in [3.05, 3.63) is 89.4 Å². The number of aromatic nitrogens is 1. The van der Waals surface area contributed by atoms with E-state index in [0.717, 1.165) is 42.1 Å². The topological polar surface area (TPSA) is 30.0 Å². The van der Waals surface area contributed by atoms with Gasteiger partial charge in [-0.25, -0.2) is 4.39 Å². The first kappa shape index (κ1) is 18.5. The Balaban J connectivity index is 1.63. The largest absolute Gasteiger partial charge is 0.299 e. The molecule has 0 aliphatic heterocycles. The number of allylic oxidation sites excluding steroid dienone is 2. The lowest BCUT2D eigenvalue weighted by Crippen LogP contribution is -2.08. The Bertz CT molecular complexity index is 1000. The third-order valence-electron chi connectivity index (χ3n) is 5.59. The molecule has 0 bridgehead atoms. The van der Waals surface area contributed by atoms with E-state index in [-0.39, 0.29) is 11.7 Å². The zero-order chi connectivity index (χ0) is 19.3. The van der Waals surface area contributed by atoms with Gasteiger partial charge in [0.1, 0.15) is 11.6 Å². The standard InChI is InChI=1S/C25H24FNO/c26-23-13-11-19(12-14-23)21(10-9-18-4-1-8-24(28)16-18)17-22-6-2-5-20-7-3-15-27-25(20)22/h2-3,5-7,9,11-15,21H,1,4,8,10,16-17H2/b18-9+/t21-/m0/s1. The van der Waals surface area contributed by atoms with Crippen molar-refractivity contribution < 1.29 is 9.18 Å². The molecule has 2 aromatic carbocycles. The predicted molar refractivity (Wildman–Crippen MR) is 111 cm³/mol. The number of hydrogen-bond donors (Lipinski definition) is 0. The number of carbonyl (C=O) groups excluding carboxylic acids is 1. The van der Waals surface area contributed by atoms with E-state index >= 15 is 0 Å². The molecule has 142 valence electrons. The number of para-hydroxylation sites is 1. The van der Waals surface area contributed by atoms with Crippen LogP contribution in [0.4, 0.5) is 4.39 Å². The van der Waals surface area contributed by atoms with E-state index < -0.39 is 0 Å². The van der Waals surface area contributed by atoms with Gasteiger partial charge in [0.25, 0.3) is 0 Å². The van der Waals surface area contributed by atoms with Crippen molar-refractivity contribution in [1.82, 2.24) is 4.98 Å². The molecule has 2 nitrogen and oxygen atoms in total. The van der Waals surface area contributed by atoms with Gasteiger partial charge in [-0.05, 0) is 60.9 Å².